The molecule has 1 N–H and O–H groups in total. The highest BCUT2D eigenvalue weighted by atomic mass is 16.4. The van der Waals surface area contributed by atoms with Crippen LogP contribution in [0.1, 0.15) is 29.3 Å². The van der Waals surface area contributed by atoms with E-state index in [1.54, 1.807) is 6.20 Å². The monoisotopic (exact) mass is 241 g/mol. The van der Waals surface area contributed by atoms with Gasteiger partial charge >= 0.3 is 5.97 Å². The maximum absolute atomic E-state index is 11.1. The van der Waals surface area contributed by atoms with Crippen molar-refractivity contribution in [3.8, 4) is 11.1 Å². The Morgan fingerprint density at radius 2 is 1.94 bits per heavy atom. The summed E-state index contributed by atoms with van der Waals surface area (Å²) >= 11 is 0. The molecule has 0 radical (unpaired) electrons. The molecule has 92 valence electrons. The zero-order valence-electron chi connectivity index (χ0n) is 10.3. The topological polar surface area (TPSA) is 50.2 Å². The second-order valence-corrected chi connectivity index (χ2v) is 4.17. The van der Waals surface area contributed by atoms with Crippen LogP contribution in [0.5, 0.6) is 0 Å². The molecule has 0 amide bonds. The lowest BCUT2D eigenvalue weighted by Gasteiger charge is -2.06. The molecule has 0 atom stereocenters. The smallest absolute Gasteiger partial charge is 0.336 e. The Balaban J connectivity index is 2.39. The molecule has 0 aliphatic rings. The van der Waals surface area contributed by atoms with Crippen molar-refractivity contribution in [2.24, 2.45) is 0 Å². The molecule has 0 aliphatic heterocycles. The van der Waals surface area contributed by atoms with Crippen molar-refractivity contribution in [2.75, 3.05) is 0 Å². The van der Waals surface area contributed by atoms with Crippen LogP contribution in [0.3, 0.4) is 0 Å². The number of aromatic nitrogens is 1. The number of carbonyl (C=O) groups is 1. The van der Waals surface area contributed by atoms with Crippen LogP contribution in [0, 0.1) is 0 Å². The Hall–Kier alpha value is -2.16. The number of nitrogens with zero attached hydrogens (tertiary/aromatic N) is 1. The van der Waals surface area contributed by atoms with Gasteiger partial charge < -0.3 is 5.11 Å². The zero-order valence-corrected chi connectivity index (χ0v) is 10.3. The minimum absolute atomic E-state index is 0.285. The van der Waals surface area contributed by atoms with Gasteiger partial charge in [0, 0.05) is 18.0 Å². The van der Waals surface area contributed by atoms with Crippen LogP contribution in [-0.2, 0) is 6.42 Å². The van der Waals surface area contributed by atoms with Crippen molar-refractivity contribution in [3.05, 3.63) is 53.9 Å². The number of aryl methyl sites for hydroxylation is 1. The van der Waals surface area contributed by atoms with E-state index in [-0.39, 0.29) is 5.56 Å². The van der Waals surface area contributed by atoms with E-state index in [1.807, 2.05) is 24.3 Å². The first-order chi connectivity index (χ1) is 8.72. The number of hydrogen-bond acceptors (Lipinski definition) is 2. The lowest BCUT2D eigenvalue weighted by atomic mass is 10.00. The van der Waals surface area contributed by atoms with Gasteiger partial charge in [-0.1, -0.05) is 37.6 Å². The van der Waals surface area contributed by atoms with Crippen molar-refractivity contribution >= 4 is 5.97 Å². The maximum Gasteiger partial charge on any atom is 0.336 e. The molecule has 1 aromatic carbocycles. The summed E-state index contributed by atoms with van der Waals surface area (Å²) in [5.74, 6) is -0.926. The summed E-state index contributed by atoms with van der Waals surface area (Å²) in [6, 6.07) is 9.51. The molecule has 2 aromatic rings. The highest BCUT2D eigenvalue weighted by Crippen LogP contribution is 2.23. The predicted molar refractivity (Wildman–Crippen MR) is 70.6 cm³/mol. The standard InChI is InChI=1S/C15H15NO2/c1-2-3-11-4-6-12(7-5-11)14-10-16-9-8-13(14)15(17)18/h4-10H,2-3H2,1H3,(H,17,18). The van der Waals surface area contributed by atoms with Crippen molar-refractivity contribution in [1.82, 2.24) is 4.98 Å². The van der Waals surface area contributed by atoms with E-state index >= 15 is 0 Å². The summed E-state index contributed by atoms with van der Waals surface area (Å²) < 4.78 is 0. The number of pyridine rings is 1. The van der Waals surface area contributed by atoms with E-state index in [2.05, 4.69) is 11.9 Å². The third-order valence-electron chi connectivity index (χ3n) is 2.86. The van der Waals surface area contributed by atoms with E-state index in [9.17, 15) is 4.79 Å². The Labute approximate surface area is 106 Å². The summed E-state index contributed by atoms with van der Waals surface area (Å²) in [6.45, 7) is 2.14. The van der Waals surface area contributed by atoms with Crippen LogP contribution in [0.25, 0.3) is 11.1 Å². The molecule has 0 fully saturated rings. The summed E-state index contributed by atoms with van der Waals surface area (Å²) in [5.41, 5.74) is 3.10. The average Bonchev–Trinajstić information content (AvgIpc) is 2.40. The van der Waals surface area contributed by atoms with Gasteiger partial charge in [-0.3, -0.25) is 4.98 Å². The van der Waals surface area contributed by atoms with E-state index in [0.717, 1.165) is 18.4 Å². The first-order valence-corrected chi connectivity index (χ1v) is 5.99. The van der Waals surface area contributed by atoms with Crippen molar-refractivity contribution in [2.45, 2.75) is 19.8 Å². The molecule has 0 unspecified atom stereocenters. The molecule has 0 bridgehead atoms. The zero-order chi connectivity index (χ0) is 13.0. The van der Waals surface area contributed by atoms with Gasteiger partial charge in [0.25, 0.3) is 0 Å². The molecule has 1 heterocycles. The van der Waals surface area contributed by atoms with E-state index in [4.69, 9.17) is 5.11 Å². The number of aromatic carboxylic acids is 1. The first-order valence-electron chi connectivity index (χ1n) is 5.99. The quantitative estimate of drug-likeness (QED) is 0.892. The van der Waals surface area contributed by atoms with Crippen molar-refractivity contribution in [1.29, 1.82) is 0 Å². The van der Waals surface area contributed by atoms with Crippen LogP contribution < -0.4 is 0 Å². The van der Waals surface area contributed by atoms with Gasteiger partial charge in [0.05, 0.1) is 5.56 Å². The highest BCUT2D eigenvalue weighted by Gasteiger charge is 2.10. The van der Waals surface area contributed by atoms with E-state index < -0.39 is 5.97 Å². The van der Waals surface area contributed by atoms with Gasteiger partial charge in [-0.05, 0) is 23.6 Å². The molecule has 3 nitrogen and oxygen atoms in total. The molecule has 0 saturated heterocycles. The summed E-state index contributed by atoms with van der Waals surface area (Å²) in [5, 5.41) is 9.14. The molecule has 0 saturated carbocycles. The Morgan fingerprint density at radius 3 is 2.56 bits per heavy atom. The van der Waals surface area contributed by atoms with Crippen molar-refractivity contribution in [3.63, 3.8) is 0 Å². The Morgan fingerprint density at radius 1 is 1.22 bits per heavy atom. The molecule has 0 aliphatic carbocycles. The lowest BCUT2D eigenvalue weighted by molar-refractivity contribution is 0.0697. The van der Waals surface area contributed by atoms with Gasteiger partial charge in [0.2, 0.25) is 0 Å². The highest BCUT2D eigenvalue weighted by molar-refractivity contribution is 5.95. The van der Waals surface area contributed by atoms with Crippen LogP contribution in [0.2, 0.25) is 0 Å². The van der Waals surface area contributed by atoms with Crippen LogP contribution in [0.15, 0.2) is 42.7 Å². The number of benzene rings is 1. The second-order valence-electron chi connectivity index (χ2n) is 4.17. The number of carboxylic acids is 1. The summed E-state index contributed by atoms with van der Waals surface area (Å²) in [6.07, 6.45) is 5.24. The fraction of sp³-hybridized carbons (Fsp3) is 0.200. The van der Waals surface area contributed by atoms with Gasteiger partial charge in [-0.2, -0.15) is 0 Å². The van der Waals surface area contributed by atoms with Gasteiger partial charge in [-0.15, -0.1) is 0 Å². The van der Waals surface area contributed by atoms with Crippen LogP contribution in [-0.4, -0.2) is 16.1 Å². The first kappa shape index (κ1) is 12.3. The van der Waals surface area contributed by atoms with Gasteiger partial charge in [0.15, 0.2) is 0 Å². The SMILES string of the molecule is CCCc1ccc(-c2cnccc2C(=O)O)cc1. The van der Waals surface area contributed by atoms with Crippen molar-refractivity contribution < 1.29 is 9.90 Å². The molecule has 3 heteroatoms. The molecular weight excluding hydrogens is 226 g/mol. The van der Waals surface area contributed by atoms with Gasteiger partial charge in [0.1, 0.15) is 0 Å². The predicted octanol–water partition coefficient (Wildman–Crippen LogP) is 3.40. The fourth-order valence-corrected chi connectivity index (χ4v) is 1.95. The van der Waals surface area contributed by atoms with Gasteiger partial charge in [-0.25, -0.2) is 4.79 Å². The largest absolute Gasteiger partial charge is 0.478 e. The van der Waals surface area contributed by atoms with E-state index in [1.165, 1.54) is 17.8 Å². The molecule has 18 heavy (non-hydrogen) atoms. The summed E-state index contributed by atoms with van der Waals surface area (Å²) in [7, 11) is 0. The minimum Gasteiger partial charge on any atom is -0.478 e. The third kappa shape index (κ3) is 2.56. The van der Waals surface area contributed by atoms with E-state index in [0.29, 0.717) is 5.56 Å². The number of rotatable bonds is 4. The average molecular weight is 241 g/mol. The number of hydrogen-bond donors (Lipinski definition) is 1. The minimum atomic E-state index is -0.926. The molecule has 0 spiro atoms. The summed E-state index contributed by atoms with van der Waals surface area (Å²) in [4.78, 5) is 15.1. The van der Waals surface area contributed by atoms with Crippen LogP contribution in [0.4, 0.5) is 0 Å². The molecule has 1 aromatic heterocycles. The lowest BCUT2D eigenvalue weighted by Crippen LogP contribution is -1.99. The van der Waals surface area contributed by atoms with Crippen LogP contribution >= 0.6 is 0 Å². The third-order valence-corrected chi connectivity index (χ3v) is 2.86. The maximum atomic E-state index is 11.1. The molecular formula is C15H15NO2. The normalized spacial score (nSPS) is 10.3. The Bertz CT molecular complexity index is 547. The fourth-order valence-electron chi connectivity index (χ4n) is 1.95. The Kier molecular flexibility index (Phi) is 3.72. The number of carboxylic acid groups (broad SMARTS) is 1. The second kappa shape index (κ2) is 5.45. The molecule has 2 rings (SSSR count).